The molecule has 0 aliphatic carbocycles. The second kappa shape index (κ2) is 13.8. The number of aryl methyl sites for hydroxylation is 2. The molecule has 0 atom stereocenters. The van der Waals surface area contributed by atoms with E-state index in [0.717, 1.165) is 13.0 Å². The number of halogens is 1. The van der Waals surface area contributed by atoms with Gasteiger partial charge >= 0.3 is 0 Å². The minimum absolute atomic E-state index is 0. The maximum atomic E-state index is 5.61. The van der Waals surface area contributed by atoms with Gasteiger partial charge in [0.25, 0.3) is 0 Å². The number of aromatic nitrogens is 2. The number of unbranched alkanes of at least 4 members (excludes halogenated alkanes) is 7. The number of benzene rings is 1. The first-order valence-electron chi connectivity index (χ1n) is 10.2. The number of rotatable bonds is 13. The molecule has 1 aromatic heterocycles. The summed E-state index contributed by atoms with van der Waals surface area (Å²) in [6, 6.07) is 11.1. The number of hydrogen-bond donors (Lipinski definition) is 1. The number of hydrogen-bond acceptors (Lipinski definition) is 2. The normalized spacial score (nSPS) is 10.7. The van der Waals surface area contributed by atoms with Crippen LogP contribution in [0, 0.1) is 0 Å². The zero-order chi connectivity index (χ0) is 17.7. The third-order valence-electron chi connectivity index (χ3n) is 4.86. The summed E-state index contributed by atoms with van der Waals surface area (Å²) in [4.78, 5) is 0. The Morgan fingerprint density at radius 1 is 0.846 bits per heavy atom. The molecule has 0 amide bonds. The van der Waals surface area contributed by atoms with Gasteiger partial charge in [-0.2, -0.15) is 5.10 Å². The van der Waals surface area contributed by atoms with E-state index in [1.165, 1.54) is 74.6 Å². The monoisotopic (exact) mass is 377 g/mol. The van der Waals surface area contributed by atoms with E-state index in [1.807, 2.05) is 6.20 Å². The molecule has 0 aliphatic rings. The molecule has 2 N–H and O–H groups in total. The Hall–Kier alpha value is -1.32. The van der Waals surface area contributed by atoms with E-state index >= 15 is 0 Å². The molecule has 146 valence electrons. The molecule has 3 nitrogen and oxygen atoms in total. The molecule has 26 heavy (non-hydrogen) atoms. The zero-order valence-corrected chi connectivity index (χ0v) is 17.1. The van der Waals surface area contributed by atoms with Gasteiger partial charge in [0.1, 0.15) is 0 Å². The summed E-state index contributed by atoms with van der Waals surface area (Å²) in [5.74, 6) is 0. The van der Waals surface area contributed by atoms with Gasteiger partial charge in [-0.15, -0.1) is 12.4 Å². The van der Waals surface area contributed by atoms with Crippen LogP contribution in [0.3, 0.4) is 0 Å². The van der Waals surface area contributed by atoms with Crippen LogP contribution in [0.15, 0.2) is 36.5 Å². The standard InChI is InChI=1S/C22H35N3.ClH/c1-2-3-4-5-6-7-8-9-11-20-12-14-21(15-13-20)22-16-18-24-25(22)19-10-17-23;/h12-16,18H,2-11,17,19,23H2,1H3;1H. The maximum absolute atomic E-state index is 5.61. The minimum atomic E-state index is 0. The highest BCUT2D eigenvalue weighted by Gasteiger charge is 2.05. The molecule has 1 heterocycles. The SMILES string of the molecule is CCCCCCCCCCc1ccc(-c2ccnn2CCCN)cc1.Cl. The van der Waals surface area contributed by atoms with E-state index in [2.05, 4.69) is 47.0 Å². The van der Waals surface area contributed by atoms with Crippen LogP contribution >= 0.6 is 12.4 Å². The Balaban J connectivity index is 0.00000338. The molecule has 0 aliphatic heterocycles. The average molecular weight is 378 g/mol. The van der Waals surface area contributed by atoms with Crippen LogP contribution in [-0.2, 0) is 13.0 Å². The van der Waals surface area contributed by atoms with Gasteiger partial charge in [0, 0.05) is 12.7 Å². The molecule has 0 fully saturated rings. The largest absolute Gasteiger partial charge is 0.330 e. The molecule has 0 unspecified atom stereocenters. The topological polar surface area (TPSA) is 43.8 Å². The van der Waals surface area contributed by atoms with Gasteiger partial charge in [0.05, 0.1) is 5.69 Å². The first-order valence-corrected chi connectivity index (χ1v) is 10.2. The Bertz CT molecular complexity index is 577. The number of nitrogens with zero attached hydrogens (tertiary/aromatic N) is 2. The Morgan fingerprint density at radius 2 is 1.50 bits per heavy atom. The van der Waals surface area contributed by atoms with Crippen molar-refractivity contribution in [3.8, 4) is 11.3 Å². The van der Waals surface area contributed by atoms with Crippen molar-refractivity contribution in [3.05, 3.63) is 42.1 Å². The summed E-state index contributed by atoms with van der Waals surface area (Å²) in [7, 11) is 0. The second-order valence-electron chi connectivity index (χ2n) is 7.00. The van der Waals surface area contributed by atoms with Gasteiger partial charge in [-0.25, -0.2) is 0 Å². The molecule has 2 rings (SSSR count). The Morgan fingerprint density at radius 3 is 2.15 bits per heavy atom. The summed E-state index contributed by atoms with van der Waals surface area (Å²) in [5, 5.41) is 4.41. The van der Waals surface area contributed by atoms with Crippen molar-refractivity contribution < 1.29 is 0 Å². The van der Waals surface area contributed by atoms with Crippen molar-refractivity contribution >= 4 is 12.4 Å². The fraction of sp³-hybridized carbons (Fsp3) is 0.591. The van der Waals surface area contributed by atoms with Crippen molar-refractivity contribution in [3.63, 3.8) is 0 Å². The highest BCUT2D eigenvalue weighted by molar-refractivity contribution is 5.85. The van der Waals surface area contributed by atoms with Crippen LogP contribution in [0.25, 0.3) is 11.3 Å². The fourth-order valence-electron chi connectivity index (χ4n) is 3.30. The molecule has 0 bridgehead atoms. The van der Waals surface area contributed by atoms with Gasteiger partial charge < -0.3 is 5.73 Å². The molecule has 0 radical (unpaired) electrons. The van der Waals surface area contributed by atoms with Crippen molar-refractivity contribution in [1.29, 1.82) is 0 Å². The second-order valence-corrected chi connectivity index (χ2v) is 7.00. The van der Waals surface area contributed by atoms with Gasteiger partial charge in [0.2, 0.25) is 0 Å². The van der Waals surface area contributed by atoms with Crippen molar-refractivity contribution in [2.24, 2.45) is 5.73 Å². The molecule has 0 saturated carbocycles. The predicted octanol–water partition coefficient (Wildman–Crippen LogP) is 6.00. The molecular weight excluding hydrogens is 342 g/mol. The van der Waals surface area contributed by atoms with Crippen LogP contribution in [0.5, 0.6) is 0 Å². The van der Waals surface area contributed by atoms with E-state index in [4.69, 9.17) is 5.73 Å². The van der Waals surface area contributed by atoms with Gasteiger partial charge in [-0.1, -0.05) is 76.1 Å². The van der Waals surface area contributed by atoms with E-state index in [-0.39, 0.29) is 12.4 Å². The van der Waals surface area contributed by atoms with Crippen LogP contribution in [0.4, 0.5) is 0 Å². The van der Waals surface area contributed by atoms with E-state index in [9.17, 15) is 0 Å². The minimum Gasteiger partial charge on any atom is -0.330 e. The van der Waals surface area contributed by atoms with Gasteiger partial charge in [-0.05, 0) is 43.0 Å². The quantitative estimate of drug-likeness (QED) is 0.435. The Labute approximate surface area is 165 Å². The number of nitrogens with two attached hydrogens (primary N) is 1. The lowest BCUT2D eigenvalue weighted by atomic mass is 10.0. The smallest absolute Gasteiger partial charge is 0.0682 e. The Kier molecular flexibility index (Phi) is 12.1. The summed E-state index contributed by atoms with van der Waals surface area (Å²) in [5.41, 5.74) is 9.49. The van der Waals surface area contributed by atoms with Crippen molar-refractivity contribution in [2.45, 2.75) is 77.7 Å². The molecule has 1 aromatic carbocycles. The van der Waals surface area contributed by atoms with Crippen LogP contribution < -0.4 is 5.73 Å². The zero-order valence-electron chi connectivity index (χ0n) is 16.3. The van der Waals surface area contributed by atoms with Crippen molar-refractivity contribution in [2.75, 3.05) is 6.54 Å². The highest BCUT2D eigenvalue weighted by Crippen LogP contribution is 2.20. The maximum Gasteiger partial charge on any atom is 0.0682 e. The lowest BCUT2D eigenvalue weighted by Gasteiger charge is -2.08. The molecular formula is C22H36ClN3. The highest BCUT2D eigenvalue weighted by atomic mass is 35.5. The van der Waals surface area contributed by atoms with E-state index in [0.29, 0.717) is 6.54 Å². The first-order chi connectivity index (χ1) is 12.3. The molecule has 4 heteroatoms. The molecule has 0 spiro atoms. The van der Waals surface area contributed by atoms with Crippen LogP contribution in [-0.4, -0.2) is 16.3 Å². The summed E-state index contributed by atoms with van der Waals surface area (Å²) in [6.07, 6.45) is 15.1. The summed E-state index contributed by atoms with van der Waals surface area (Å²) >= 11 is 0. The van der Waals surface area contributed by atoms with Crippen LogP contribution in [0.1, 0.15) is 70.3 Å². The fourth-order valence-corrected chi connectivity index (χ4v) is 3.30. The lowest BCUT2D eigenvalue weighted by Crippen LogP contribution is -2.07. The third-order valence-corrected chi connectivity index (χ3v) is 4.86. The van der Waals surface area contributed by atoms with E-state index < -0.39 is 0 Å². The predicted molar refractivity (Wildman–Crippen MR) is 115 cm³/mol. The van der Waals surface area contributed by atoms with Gasteiger partial charge in [0.15, 0.2) is 0 Å². The average Bonchev–Trinajstić information content (AvgIpc) is 3.11. The molecule has 0 saturated heterocycles. The summed E-state index contributed by atoms with van der Waals surface area (Å²) in [6.45, 7) is 3.87. The van der Waals surface area contributed by atoms with Gasteiger partial charge in [-0.3, -0.25) is 4.68 Å². The third kappa shape index (κ3) is 7.92. The summed E-state index contributed by atoms with van der Waals surface area (Å²) < 4.78 is 2.06. The lowest BCUT2D eigenvalue weighted by molar-refractivity contribution is 0.575. The first kappa shape index (κ1) is 22.7. The molecule has 2 aromatic rings. The van der Waals surface area contributed by atoms with Crippen molar-refractivity contribution in [1.82, 2.24) is 9.78 Å². The van der Waals surface area contributed by atoms with E-state index in [1.54, 1.807) is 0 Å². The van der Waals surface area contributed by atoms with Crippen LogP contribution in [0.2, 0.25) is 0 Å².